The molecule has 1 atom stereocenters. The Balaban J connectivity index is 1.66. The Labute approximate surface area is 194 Å². The topological polar surface area (TPSA) is 126 Å². The minimum Gasteiger partial charge on any atom is -0.480 e. The molecule has 3 aromatic rings. The number of anilines is 1. The van der Waals surface area contributed by atoms with Gasteiger partial charge < -0.3 is 15.3 Å². The Bertz CT molecular complexity index is 1160. The van der Waals surface area contributed by atoms with E-state index in [4.69, 9.17) is 0 Å². The second-order valence-corrected chi connectivity index (χ2v) is 8.75. The number of aliphatic carboxylic acids is 1. The number of carboxylic acids is 1. The number of rotatable bonds is 9. The van der Waals surface area contributed by atoms with Crippen molar-refractivity contribution < 1.29 is 19.6 Å². The summed E-state index contributed by atoms with van der Waals surface area (Å²) in [4.78, 5) is 40.8. The molecule has 2 N–H and O–H groups in total. The Morgan fingerprint density at radius 1 is 1.21 bits per heavy atom. The standard InChI is InChI=1S/C23H24N4O5S/c1-14(2)20(22(29)30)25-21(28)16-9-7-15(8-10-16)12-26(3)23-24-19(13-33-23)17-5-4-6-18(11-17)27(31)32/h4-11,13-14,20H,12H2,1-3H3,(H,25,28)(H,29,30). The molecule has 0 aliphatic rings. The van der Waals surface area contributed by atoms with E-state index in [0.29, 0.717) is 23.4 Å². The fourth-order valence-electron chi connectivity index (χ4n) is 3.19. The lowest BCUT2D eigenvalue weighted by Crippen LogP contribution is -2.44. The van der Waals surface area contributed by atoms with Crippen LogP contribution in [0.5, 0.6) is 0 Å². The zero-order chi connectivity index (χ0) is 24.1. The van der Waals surface area contributed by atoms with Crippen molar-refractivity contribution in [2.75, 3.05) is 11.9 Å². The molecular formula is C23H24N4O5S. The van der Waals surface area contributed by atoms with Crippen molar-refractivity contribution in [3.05, 3.63) is 75.2 Å². The first-order valence-electron chi connectivity index (χ1n) is 10.2. The highest BCUT2D eigenvalue weighted by Gasteiger charge is 2.24. The molecule has 0 saturated carbocycles. The molecule has 0 bridgehead atoms. The minimum atomic E-state index is -1.07. The van der Waals surface area contributed by atoms with Crippen molar-refractivity contribution in [1.82, 2.24) is 10.3 Å². The summed E-state index contributed by atoms with van der Waals surface area (Å²) >= 11 is 1.43. The third-order valence-corrected chi connectivity index (χ3v) is 5.98. The molecule has 2 aromatic carbocycles. The average Bonchev–Trinajstić information content (AvgIpc) is 3.28. The number of carboxylic acid groups (broad SMARTS) is 1. The van der Waals surface area contributed by atoms with E-state index >= 15 is 0 Å². The lowest BCUT2D eigenvalue weighted by molar-refractivity contribution is -0.384. The molecule has 33 heavy (non-hydrogen) atoms. The first-order chi connectivity index (χ1) is 15.7. The van der Waals surface area contributed by atoms with Crippen LogP contribution in [0.2, 0.25) is 0 Å². The quantitative estimate of drug-likeness (QED) is 0.356. The van der Waals surface area contributed by atoms with Crippen LogP contribution in [0.25, 0.3) is 11.3 Å². The Morgan fingerprint density at radius 3 is 2.52 bits per heavy atom. The molecule has 0 aliphatic heterocycles. The fraction of sp³-hybridized carbons (Fsp3) is 0.261. The molecule has 1 unspecified atom stereocenters. The van der Waals surface area contributed by atoms with Gasteiger partial charge in [-0.3, -0.25) is 14.9 Å². The molecule has 9 nitrogen and oxygen atoms in total. The third kappa shape index (κ3) is 5.92. The predicted octanol–water partition coefficient (Wildman–Crippen LogP) is 4.19. The van der Waals surface area contributed by atoms with Crippen LogP contribution in [0.4, 0.5) is 10.8 Å². The maximum absolute atomic E-state index is 12.4. The molecule has 172 valence electrons. The number of thiazole rings is 1. The molecular weight excluding hydrogens is 444 g/mol. The summed E-state index contributed by atoms with van der Waals surface area (Å²) in [5, 5.41) is 25.4. The van der Waals surface area contributed by atoms with Crippen LogP contribution in [0, 0.1) is 16.0 Å². The molecule has 0 spiro atoms. The summed E-state index contributed by atoms with van der Waals surface area (Å²) in [6.07, 6.45) is 0. The van der Waals surface area contributed by atoms with E-state index < -0.39 is 22.8 Å². The van der Waals surface area contributed by atoms with Crippen molar-refractivity contribution >= 4 is 34.0 Å². The van der Waals surface area contributed by atoms with Gasteiger partial charge in [0, 0.05) is 42.2 Å². The second-order valence-electron chi connectivity index (χ2n) is 7.91. The number of hydrogen-bond donors (Lipinski definition) is 2. The van der Waals surface area contributed by atoms with Crippen LogP contribution in [0.15, 0.2) is 53.9 Å². The Kier molecular flexibility index (Phi) is 7.39. The van der Waals surface area contributed by atoms with Gasteiger partial charge in [-0.2, -0.15) is 0 Å². The summed E-state index contributed by atoms with van der Waals surface area (Å²) in [6.45, 7) is 4.01. The highest BCUT2D eigenvalue weighted by atomic mass is 32.1. The highest BCUT2D eigenvalue weighted by Crippen LogP contribution is 2.29. The molecule has 1 amide bonds. The van der Waals surface area contributed by atoms with E-state index in [0.717, 1.165) is 10.7 Å². The number of carbonyl (C=O) groups is 2. The van der Waals surface area contributed by atoms with Crippen molar-refractivity contribution in [2.45, 2.75) is 26.4 Å². The van der Waals surface area contributed by atoms with E-state index in [1.54, 1.807) is 38.1 Å². The van der Waals surface area contributed by atoms with Gasteiger partial charge in [-0.05, 0) is 23.6 Å². The molecule has 3 rings (SSSR count). The number of benzene rings is 2. The van der Waals surface area contributed by atoms with E-state index in [1.165, 1.54) is 23.5 Å². The van der Waals surface area contributed by atoms with Crippen LogP contribution in [0.1, 0.15) is 29.8 Å². The average molecular weight is 469 g/mol. The van der Waals surface area contributed by atoms with Gasteiger partial charge in [-0.15, -0.1) is 11.3 Å². The zero-order valence-corrected chi connectivity index (χ0v) is 19.2. The van der Waals surface area contributed by atoms with E-state index in [2.05, 4.69) is 10.3 Å². The Hall–Kier alpha value is -3.79. The van der Waals surface area contributed by atoms with Gasteiger partial charge in [0.15, 0.2) is 5.13 Å². The van der Waals surface area contributed by atoms with Gasteiger partial charge in [0.05, 0.1) is 10.6 Å². The number of nitro benzene ring substituents is 1. The number of amides is 1. The van der Waals surface area contributed by atoms with Crippen molar-refractivity contribution in [3.8, 4) is 11.3 Å². The lowest BCUT2D eigenvalue weighted by atomic mass is 10.0. The van der Waals surface area contributed by atoms with Crippen LogP contribution in [0.3, 0.4) is 0 Å². The number of nitrogens with zero attached hydrogens (tertiary/aromatic N) is 3. The largest absolute Gasteiger partial charge is 0.480 e. The van der Waals surface area contributed by atoms with Crippen LogP contribution >= 0.6 is 11.3 Å². The summed E-state index contributed by atoms with van der Waals surface area (Å²) in [7, 11) is 1.89. The van der Waals surface area contributed by atoms with Crippen molar-refractivity contribution in [1.29, 1.82) is 0 Å². The van der Waals surface area contributed by atoms with Gasteiger partial charge in [-0.1, -0.05) is 38.1 Å². The maximum Gasteiger partial charge on any atom is 0.326 e. The summed E-state index contributed by atoms with van der Waals surface area (Å²) in [6, 6.07) is 12.3. The summed E-state index contributed by atoms with van der Waals surface area (Å²) in [5.41, 5.74) is 2.69. The minimum absolute atomic E-state index is 0.0163. The Morgan fingerprint density at radius 2 is 1.91 bits per heavy atom. The number of nitrogens with one attached hydrogen (secondary N) is 1. The number of nitro groups is 1. The maximum atomic E-state index is 12.4. The number of carbonyl (C=O) groups excluding carboxylic acids is 1. The number of hydrogen-bond acceptors (Lipinski definition) is 7. The molecule has 10 heteroatoms. The third-order valence-electron chi connectivity index (χ3n) is 5.03. The number of non-ortho nitro benzene ring substituents is 1. The summed E-state index contributed by atoms with van der Waals surface area (Å²) < 4.78 is 0. The molecule has 1 aromatic heterocycles. The smallest absolute Gasteiger partial charge is 0.326 e. The second kappa shape index (κ2) is 10.2. The van der Waals surface area contributed by atoms with Gasteiger partial charge in [0.1, 0.15) is 6.04 Å². The van der Waals surface area contributed by atoms with Gasteiger partial charge in [0.2, 0.25) is 0 Å². The van der Waals surface area contributed by atoms with Crippen LogP contribution < -0.4 is 10.2 Å². The monoisotopic (exact) mass is 468 g/mol. The van der Waals surface area contributed by atoms with Crippen LogP contribution in [-0.4, -0.2) is 40.0 Å². The zero-order valence-electron chi connectivity index (χ0n) is 18.4. The normalized spacial score (nSPS) is 11.8. The van der Waals surface area contributed by atoms with Crippen molar-refractivity contribution in [2.24, 2.45) is 5.92 Å². The highest BCUT2D eigenvalue weighted by molar-refractivity contribution is 7.14. The predicted molar refractivity (Wildman–Crippen MR) is 126 cm³/mol. The number of aromatic nitrogens is 1. The molecule has 1 heterocycles. The molecule has 0 aliphatic carbocycles. The first-order valence-corrected chi connectivity index (χ1v) is 11.1. The van der Waals surface area contributed by atoms with Gasteiger partial charge in [0.25, 0.3) is 11.6 Å². The first kappa shape index (κ1) is 23.9. The SMILES string of the molecule is CC(C)C(NC(=O)c1ccc(CN(C)c2nc(-c3cccc([N+](=O)[O-])c3)cs2)cc1)C(=O)O. The van der Waals surface area contributed by atoms with Crippen LogP contribution in [-0.2, 0) is 11.3 Å². The van der Waals surface area contributed by atoms with E-state index in [-0.39, 0.29) is 11.6 Å². The molecule has 0 fully saturated rings. The van der Waals surface area contributed by atoms with E-state index in [1.807, 2.05) is 29.5 Å². The lowest BCUT2D eigenvalue weighted by Gasteiger charge is -2.18. The molecule has 0 radical (unpaired) electrons. The van der Waals surface area contributed by atoms with Gasteiger partial charge in [-0.25, -0.2) is 9.78 Å². The van der Waals surface area contributed by atoms with E-state index in [9.17, 15) is 24.8 Å². The van der Waals surface area contributed by atoms with Crippen molar-refractivity contribution in [3.63, 3.8) is 0 Å². The fourth-order valence-corrected chi connectivity index (χ4v) is 3.99. The molecule has 0 saturated heterocycles. The summed E-state index contributed by atoms with van der Waals surface area (Å²) in [5.74, 6) is -1.73. The van der Waals surface area contributed by atoms with Gasteiger partial charge >= 0.3 is 5.97 Å².